The molecule has 0 saturated heterocycles. The van der Waals surface area contributed by atoms with E-state index in [0.717, 1.165) is 10.5 Å². The molecule has 1 aromatic heterocycles. The van der Waals surface area contributed by atoms with Gasteiger partial charge in [0.15, 0.2) is 5.13 Å². The van der Waals surface area contributed by atoms with Crippen molar-refractivity contribution in [1.29, 1.82) is 0 Å². The van der Waals surface area contributed by atoms with Crippen LogP contribution in [0.25, 0.3) is 17.3 Å². The van der Waals surface area contributed by atoms with Gasteiger partial charge in [0.2, 0.25) is 5.91 Å². The van der Waals surface area contributed by atoms with Crippen molar-refractivity contribution in [3.05, 3.63) is 119 Å². The first-order valence-electron chi connectivity index (χ1n) is 15.2. The number of carbonyl (C=O) groups is 3. The molecule has 1 atom stereocenters. The molecule has 5 aromatic rings. The van der Waals surface area contributed by atoms with Gasteiger partial charge in [-0.15, -0.1) is 23.1 Å². The zero-order valence-corrected chi connectivity index (χ0v) is 28.6. The second kappa shape index (κ2) is 16.5. The Morgan fingerprint density at radius 1 is 0.898 bits per heavy atom. The van der Waals surface area contributed by atoms with E-state index in [2.05, 4.69) is 20.9 Å². The first kappa shape index (κ1) is 34.7. The van der Waals surface area contributed by atoms with Crippen LogP contribution in [0.4, 0.5) is 10.8 Å². The molecule has 10 nitrogen and oxygen atoms in total. The zero-order valence-electron chi connectivity index (χ0n) is 26.9. The molecule has 1 unspecified atom stereocenters. The maximum atomic E-state index is 13.6. The first-order valence-corrected chi connectivity index (χ1v) is 17.0. The predicted octanol–water partition coefficient (Wildman–Crippen LogP) is 7.45. The number of ether oxygens (including phenoxy) is 2. The van der Waals surface area contributed by atoms with Crippen molar-refractivity contribution in [3.63, 3.8) is 0 Å². The summed E-state index contributed by atoms with van der Waals surface area (Å²) in [5.41, 5.74) is 2.80. The van der Waals surface area contributed by atoms with Crippen LogP contribution in [0.2, 0.25) is 0 Å². The van der Waals surface area contributed by atoms with Crippen molar-refractivity contribution in [2.45, 2.75) is 23.5 Å². The van der Waals surface area contributed by atoms with Gasteiger partial charge in [-0.25, -0.2) is 4.98 Å². The molecule has 0 aliphatic heterocycles. The lowest BCUT2D eigenvalue weighted by molar-refractivity contribution is -0.116. The van der Waals surface area contributed by atoms with Crippen LogP contribution in [0.1, 0.15) is 29.3 Å². The summed E-state index contributed by atoms with van der Waals surface area (Å²) < 4.78 is 10.8. The highest BCUT2D eigenvalue weighted by atomic mass is 32.2. The van der Waals surface area contributed by atoms with Crippen LogP contribution in [0, 0.1) is 0 Å². The highest BCUT2D eigenvalue weighted by molar-refractivity contribution is 8.00. The molecule has 0 aliphatic rings. The van der Waals surface area contributed by atoms with Crippen LogP contribution in [-0.2, 0) is 9.59 Å². The fourth-order valence-electron chi connectivity index (χ4n) is 4.75. The van der Waals surface area contributed by atoms with E-state index in [0.29, 0.717) is 45.6 Å². The van der Waals surface area contributed by atoms with Crippen LogP contribution in [0.15, 0.2) is 113 Å². The van der Waals surface area contributed by atoms with Gasteiger partial charge in [-0.1, -0.05) is 43.3 Å². The van der Waals surface area contributed by atoms with Crippen molar-refractivity contribution in [3.8, 4) is 28.5 Å². The maximum absolute atomic E-state index is 13.6. The minimum atomic E-state index is -0.582. The largest absolute Gasteiger partial charge is 0.508 e. The van der Waals surface area contributed by atoms with Crippen molar-refractivity contribution in [2.24, 2.45) is 0 Å². The van der Waals surface area contributed by atoms with Crippen LogP contribution in [0.3, 0.4) is 0 Å². The molecular weight excluding hydrogens is 661 g/mol. The summed E-state index contributed by atoms with van der Waals surface area (Å²) in [7, 11) is 3.05. The minimum Gasteiger partial charge on any atom is -0.508 e. The Balaban J connectivity index is 1.30. The average molecular weight is 695 g/mol. The predicted molar refractivity (Wildman–Crippen MR) is 194 cm³/mol. The van der Waals surface area contributed by atoms with Crippen LogP contribution < -0.4 is 25.4 Å². The average Bonchev–Trinajstić information content (AvgIpc) is 3.59. The number of benzene rings is 4. The number of amides is 3. The van der Waals surface area contributed by atoms with Gasteiger partial charge < -0.3 is 30.5 Å². The summed E-state index contributed by atoms with van der Waals surface area (Å²) in [5, 5.41) is 20.3. The molecule has 0 radical (unpaired) electrons. The number of para-hydroxylation sites is 1. The number of carbonyl (C=O) groups excluding carboxylic acids is 3. The smallest absolute Gasteiger partial charge is 0.272 e. The van der Waals surface area contributed by atoms with Gasteiger partial charge in [0.05, 0.1) is 25.2 Å². The number of hydrogen-bond donors (Lipinski definition) is 4. The molecule has 0 aliphatic carbocycles. The van der Waals surface area contributed by atoms with Gasteiger partial charge in [0.1, 0.15) is 22.9 Å². The van der Waals surface area contributed by atoms with E-state index in [4.69, 9.17) is 9.47 Å². The fourth-order valence-corrected chi connectivity index (χ4v) is 6.47. The number of aromatic hydroxyl groups is 1. The van der Waals surface area contributed by atoms with E-state index in [9.17, 15) is 19.5 Å². The molecule has 5 rings (SSSR count). The van der Waals surface area contributed by atoms with Crippen LogP contribution in [0.5, 0.6) is 17.2 Å². The first-order chi connectivity index (χ1) is 23.8. The van der Waals surface area contributed by atoms with Gasteiger partial charge in [0, 0.05) is 38.7 Å². The highest BCUT2D eigenvalue weighted by Gasteiger charge is 2.21. The molecule has 4 N–H and O–H groups in total. The van der Waals surface area contributed by atoms with Crippen LogP contribution >= 0.6 is 23.1 Å². The number of thiazole rings is 1. The number of nitrogens with one attached hydrogen (secondary N) is 3. The van der Waals surface area contributed by atoms with E-state index in [1.165, 1.54) is 48.4 Å². The molecule has 4 aromatic carbocycles. The second-order valence-electron chi connectivity index (χ2n) is 10.5. The van der Waals surface area contributed by atoms with E-state index < -0.39 is 17.1 Å². The molecule has 3 amide bonds. The third-order valence-electron chi connectivity index (χ3n) is 7.20. The normalized spacial score (nSPS) is 11.7. The highest BCUT2D eigenvalue weighted by Crippen LogP contribution is 2.33. The van der Waals surface area contributed by atoms with E-state index in [-0.39, 0.29) is 17.4 Å². The number of phenols is 1. The van der Waals surface area contributed by atoms with Gasteiger partial charge in [-0.2, -0.15) is 0 Å². The Bertz CT molecular complexity index is 1980. The molecule has 12 heteroatoms. The Morgan fingerprint density at radius 2 is 1.65 bits per heavy atom. The summed E-state index contributed by atoms with van der Waals surface area (Å²) in [6, 6.07) is 27.6. The minimum absolute atomic E-state index is 0.00837. The van der Waals surface area contributed by atoms with Gasteiger partial charge in [-0.05, 0) is 67.1 Å². The molecule has 49 heavy (non-hydrogen) atoms. The van der Waals surface area contributed by atoms with Crippen LogP contribution in [-0.4, -0.2) is 47.3 Å². The Hall–Kier alpha value is -5.59. The number of nitrogens with zero attached hydrogens (tertiary/aromatic N) is 1. The van der Waals surface area contributed by atoms with Crippen molar-refractivity contribution in [2.75, 3.05) is 24.9 Å². The topological polar surface area (TPSA) is 139 Å². The standard InChI is InChI=1S/C37H34N4O6S2/c1-4-33(36(45)41-37-40-30(22-48-37)28-15-8-9-16-31(28)46-2)49-27-14-10-13-25(20-27)38-35(44)29(39-34(43)23-11-6-5-7-12-23)19-24-17-18-26(42)21-32(24)47-3/h5-22,33,42H,4H2,1-3H3,(H,38,44)(H,39,43)(H,40,41,45)/b29-19+. The molecule has 0 bridgehead atoms. The monoisotopic (exact) mass is 694 g/mol. The SMILES string of the molecule is CCC(Sc1cccc(NC(=O)/C(=C\c2ccc(O)cc2OC)NC(=O)c2ccccc2)c1)C(=O)Nc1nc(-c2ccccc2OC)cs1. The summed E-state index contributed by atoms with van der Waals surface area (Å²) in [4.78, 5) is 45.3. The summed E-state index contributed by atoms with van der Waals surface area (Å²) in [6.45, 7) is 1.93. The quantitative estimate of drug-likeness (QED) is 0.0737. The number of thioether (sulfide) groups is 1. The second-order valence-corrected chi connectivity index (χ2v) is 12.7. The summed E-state index contributed by atoms with van der Waals surface area (Å²) >= 11 is 2.69. The van der Waals surface area contributed by atoms with Crippen molar-refractivity contribution in [1.82, 2.24) is 10.3 Å². The third kappa shape index (κ3) is 9.06. The van der Waals surface area contributed by atoms with Gasteiger partial charge >= 0.3 is 0 Å². The molecule has 0 spiro atoms. The fraction of sp³-hybridized carbons (Fsp3) is 0.135. The Labute approximate surface area is 292 Å². The number of aromatic nitrogens is 1. The lowest BCUT2D eigenvalue weighted by Gasteiger charge is -2.15. The van der Waals surface area contributed by atoms with Crippen molar-refractivity contribution >= 4 is 57.7 Å². The number of anilines is 2. The molecular formula is C37H34N4O6S2. The van der Waals surface area contributed by atoms with E-state index >= 15 is 0 Å². The van der Waals surface area contributed by atoms with Crippen molar-refractivity contribution < 1.29 is 29.0 Å². The van der Waals surface area contributed by atoms with E-state index in [1.807, 2.05) is 42.6 Å². The summed E-state index contributed by atoms with van der Waals surface area (Å²) in [5.74, 6) is -0.251. The zero-order chi connectivity index (χ0) is 34.8. The maximum Gasteiger partial charge on any atom is 0.272 e. The lowest BCUT2D eigenvalue weighted by Crippen LogP contribution is -2.30. The Kier molecular flexibility index (Phi) is 11.7. The number of hydrogen-bond acceptors (Lipinski definition) is 9. The van der Waals surface area contributed by atoms with E-state index in [1.54, 1.807) is 61.7 Å². The molecule has 250 valence electrons. The lowest BCUT2D eigenvalue weighted by atomic mass is 10.1. The third-order valence-corrected chi connectivity index (χ3v) is 9.31. The number of rotatable bonds is 13. The van der Waals surface area contributed by atoms with Gasteiger partial charge in [0.25, 0.3) is 11.8 Å². The number of methoxy groups -OCH3 is 2. The molecule has 0 saturated carbocycles. The number of phenolic OH excluding ortho intramolecular Hbond substituents is 1. The summed E-state index contributed by atoms with van der Waals surface area (Å²) in [6.07, 6.45) is 2.02. The molecule has 1 heterocycles. The Morgan fingerprint density at radius 3 is 2.41 bits per heavy atom. The molecule has 0 fully saturated rings. The van der Waals surface area contributed by atoms with Gasteiger partial charge in [-0.3, -0.25) is 14.4 Å².